The Kier molecular flexibility index (Phi) is 4.53. The lowest BCUT2D eigenvalue weighted by Crippen LogP contribution is -2.20. The van der Waals surface area contributed by atoms with Gasteiger partial charge in [-0.05, 0) is 49.3 Å². The van der Waals surface area contributed by atoms with Gasteiger partial charge in [0.05, 0.1) is 18.3 Å². The van der Waals surface area contributed by atoms with Crippen LogP contribution in [0.3, 0.4) is 0 Å². The maximum absolute atomic E-state index is 13.2. The van der Waals surface area contributed by atoms with E-state index in [0.717, 1.165) is 18.8 Å². The molecule has 1 aromatic rings. The van der Waals surface area contributed by atoms with Gasteiger partial charge in [-0.1, -0.05) is 13.0 Å². The van der Waals surface area contributed by atoms with Gasteiger partial charge in [0.15, 0.2) is 0 Å². The molecule has 0 bridgehead atoms. The van der Waals surface area contributed by atoms with Gasteiger partial charge in [0.2, 0.25) is 0 Å². The molecule has 1 aliphatic carbocycles. The van der Waals surface area contributed by atoms with Crippen molar-refractivity contribution in [2.24, 2.45) is 5.92 Å². The number of carbonyl (C=O) groups is 1. The third kappa shape index (κ3) is 3.77. The van der Waals surface area contributed by atoms with Crippen molar-refractivity contribution in [2.45, 2.75) is 45.3 Å². The van der Waals surface area contributed by atoms with Gasteiger partial charge >= 0.3 is 5.97 Å². The average Bonchev–Trinajstić information content (AvgIpc) is 2.39. The van der Waals surface area contributed by atoms with Crippen molar-refractivity contribution in [3.8, 4) is 0 Å². The van der Waals surface area contributed by atoms with Crippen molar-refractivity contribution >= 4 is 5.97 Å². The van der Waals surface area contributed by atoms with Crippen molar-refractivity contribution < 1.29 is 19.0 Å². The summed E-state index contributed by atoms with van der Waals surface area (Å²) in [7, 11) is 0. The standard InChI is InChI=1S/C15H19FO3/c1-10-2-5-12(6-3-10)19-9-11-4-7-14(16)13(8-11)15(17)18/h4,7-8,10,12H,2-3,5-6,9H2,1H3,(H,17,18). The molecule has 104 valence electrons. The first-order valence-electron chi connectivity index (χ1n) is 6.69. The zero-order chi connectivity index (χ0) is 13.8. The van der Waals surface area contributed by atoms with Crippen molar-refractivity contribution in [3.05, 3.63) is 35.1 Å². The molecule has 4 heteroatoms. The van der Waals surface area contributed by atoms with Gasteiger partial charge in [0, 0.05) is 0 Å². The molecular formula is C15H19FO3. The fraction of sp³-hybridized carbons (Fsp3) is 0.533. The SMILES string of the molecule is CC1CCC(OCc2ccc(F)c(C(=O)O)c2)CC1. The number of rotatable bonds is 4. The second kappa shape index (κ2) is 6.15. The Morgan fingerprint density at radius 1 is 1.37 bits per heavy atom. The number of aromatic carboxylic acids is 1. The summed E-state index contributed by atoms with van der Waals surface area (Å²) in [4.78, 5) is 10.8. The number of halogens is 1. The Balaban J connectivity index is 1.92. The van der Waals surface area contributed by atoms with Crippen LogP contribution in [0.5, 0.6) is 0 Å². The monoisotopic (exact) mass is 266 g/mol. The normalized spacial score (nSPS) is 23.3. The number of benzene rings is 1. The minimum absolute atomic E-state index is 0.245. The Bertz CT molecular complexity index is 451. The molecule has 0 amide bonds. The Hall–Kier alpha value is -1.42. The third-order valence-corrected chi connectivity index (χ3v) is 3.71. The number of hydrogen-bond donors (Lipinski definition) is 1. The zero-order valence-corrected chi connectivity index (χ0v) is 11.1. The summed E-state index contributed by atoms with van der Waals surface area (Å²) in [5, 5.41) is 8.86. The van der Waals surface area contributed by atoms with Gasteiger partial charge in [0.1, 0.15) is 5.82 Å². The maximum atomic E-state index is 13.2. The van der Waals surface area contributed by atoms with E-state index in [4.69, 9.17) is 9.84 Å². The van der Waals surface area contributed by atoms with E-state index in [1.807, 2.05) is 0 Å². The predicted octanol–water partition coefficient (Wildman–Crippen LogP) is 3.62. The first kappa shape index (κ1) is 14.0. The van der Waals surface area contributed by atoms with E-state index in [1.165, 1.54) is 25.0 Å². The van der Waals surface area contributed by atoms with E-state index in [1.54, 1.807) is 6.07 Å². The number of hydrogen-bond acceptors (Lipinski definition) is 2. The third-order valence-electron chi connectivity index (χ3n) is 3.71. The quantitative estimate of drug-likeness (QED) is 0.905. The van der Waals surface area contributed by atoms with Gasteiger partial charge in [-0.15, -0.1) is 0 Å². The molecule has 2 rings (SSSR count). The van der Waals surface area contributed by atoms with Crippen molar-refractivity contribution in [2.75, 3.05) is 0 Å². The highest BCUT2D eigenvalue weighted by atomic mass is 19.1. The molecule has 3 nitrogen and oxygen atoms in total. The second-order valence-electron chi connectivity index (χ2n) is 5.31. The summed E-state index contributed by atoms with van der Waals surface area (Å²) in [6.07, 6.45) is 4.69. The molecule has 0 spiro atoms. The Morgan fingerprint density at radius 2 is 2.05 bits per heavy atom. The van der Waals surface area contributed by atoms with E-state index >= 15 is 0 Å². The van der Waals surface area contributed by atoms with E-state index in [0.29, 0.717) is 12.2 Å². The van der Waals surface area contributed by atoms with Gasteiger partial charge in [-0.25, -0.2) is 9.18 Å². The van der Waals surface area contributed by atoms with E-state index in [2.05, 4.69) is 6.92 Å². The Morgan fingerprint density at radius 3 is 2.68 bits per heavy atom. The van der Waals surface area contributed by atoms with Crippen LogP contribution in [0, 0.1) is 11.7 Å². The molecule has 1 saturated carbocycles. The largest absolute Gasteiger partial charge is 0.478 e. The highest BCUT2D eigenvalue weighted by Crippen LogP contribution is 2.26. The molecule has 0 atom stereocenters. The maximum Gasteiger partial charge on any atom is 0.338 e. The van der Waals surface area contributed by atoms with Crippen molar-refractivity contribution in [1.82, 2.24) is 0 Å². The van der Waals surface area contributed by atoms with Crippen LogP contribution >= 0.6 is 0 Å². The minimum atomic E-state index is -1.24. The highest BCUT2D eigenvalue weighted by Gasteiger charge is 2.19. The summed E-state index contributed by atoms with van der Waals surface area (Å²) in [6, 6.07) is 4.11. The molecule has 1 aliphatic rings. The lowest BCUT2D eigenvalue weighted by molar-refractivity contribution is 0.00872. The van der Waals surface area contributed by atoms with Crippen LogP contribution < -0.4 is 0 Å². The van der Waals surface area contributed by atoms with Crippen molar-refractivity contribution in [1.29, 1.82) is 0 Å². The zero-order valence-electron chi connectivity index (χ0n) is 11.1. The lowest BCUT2D eigenvalue weighted by Gasteiger charge is -2.26. The van der Waals surface area contributed by atoms with Crippen LogP contribution in [0.15, 0.2) is 18.2 Å². The van der Waals surface area contributed by atoms with Gasteiger partial charge in [-0.2, -0.15) is 0 Å². The first-order valence-corrected chi connectivity index (χ1v) is 6.69. The van der Waals surface area contributed by atoms with Crippen LogP contribution in [0.1, 0.15) is 48.5 Å². The molecule has 0 aliphatic heterocycles. The van der Waals surface area contributed by atoms with Crippen LogP contribution in [-0.4, -0.2) is 17.2 Å². The summed E-state index contributed by atoms with van der Waals surface area (Å²) >= 11 is 0. The molecule has 0 radical (unpaired) electrons. The molecular weight excluding hydrogens is 247 g/mol. The molecule has 0 heterocycles. The molecule has 1 aromatic carbocycles. The van der Waals surface area contributed by atoms with E-state index < -0.39 is 11.8 Å². The highest BCUT2D eigenvalue weighted by molar-refractivity contribution is 5.88. The smallest absolute Gasteiger partial charge is 0.338 e. The molecule has 1 fully saturated rings. The topological polar surface area (TPSA) is 46.5 Å². The van der Waals surface area contributed by atoms with Crippen LogP contribution in [-0.2, 0) is 11.3 Å². The summed E-state index contributed by atoms with van der Waals surface area (Å²) in [5.41, 5.74) is 0.413. The summed E-state index contributed by atoms with van der Waals surface area (Å²) in [5.74, 6) is -1.18. The summed E-state index contributed by atoms with van der Waals surface area (Å²) in [6.45, 7) is 2.59. The first-order chi connectivity index (χ1) is 9.06. The Labute approximate surface area is 112 Å². The number of carboxylic acids is 1. The van der Waals surface area contributed by atoms with E-state index in [9.17, 15) is 9.18 Å². The lowest BCUT2D eigenvalue weighted by atomic mass is 9.89. The predicted molar refractivity (Wildman–Crippen MR) is 69.6 cm³/mol. The van der Waals surface area contributed by atoms with E-state index in [-0.39, 0.29) is 11.7 Å². The molecule has 0 unspecified atom stereocenters. The number of ether oxygens (including phenoxy) is 1. The van der Waals surface area contributed by atoms with Crippen LogP contribution in [0.25, 0.3) is 0 Å². The van der Waals surface area contributed by atoms with Gasteiger partial charge in [-0.3, -0.25) is 0 Å². The van der Waals surface area contributed by atoms with Gasteiger partial charge in [0.25, 0.3) is 0 Å². The van der Waals surface area contributed by atoms with Crippen LogP contribution in [0.4, 0.5) is 4.39 Å². The van der Waals surface area contributed by atoms with Gasteiger partial charge < -0.3 is 9.84 Å². The average molecular weight is 266 g/mol. The van der Waals surface area contributed by atoms with Crippen molar-refractivity contribution in [3.63, 3.8) is 0 Å². The molecule has 0 aromatic heterocycles. The summed E-state index contributed by atoms with van der Waals surface area (Å²) < 4.78 is 19.0. The fourth-order valence-electron chi connectivity index (χ4n) is 2.44. The molecule has 1 N–H and O–H groups in total. The minimum Gasteiger partial charge on any atom is -0.478 e. The second-order valence-corrected chi connectivity index (χ2v) is 5.31. The van der Waals surface area contributed by atoms with Crippen LogP contribution in [0.2, 0.25) is 0 Å². The molecule has 19 heavy (non-hydrogen) atoms. The number of carboxylic acid groups (broad SMARTS) is 1. The fourth-order valence-corrected chi connectivity index (χ4v) is 2.44. The molecule has 0 saturated heterocycles.